The van der Waals surface area contributed by atoms with Gasteiger partial charge in [-0.2, -0.15) is 0 Å². The van der Waals surface area contributed by atoms with Gasteiger partial charge in [0.05, 0.1) is 0 Å². The Morgan fingerprint density at radius 3 is 1.07 bits per heavy atom. The van der Waals surface area contributed by atoms with Crippen LogP contribution in [0.15, 0.2) is 46.2 Å². The minimum Gasteiger partial charge on any atom is -0.872 e. The van der Waals surface area contributed by atoms with Gasteiger partial charge in [-0.3, -0.25) is 0 Å². The Hall–Kier alpha value is -0.350. The Kier molecular flexibility index (Phi) is 23.7. The van der Waals surface area contributed by atoms with Crippen LogP contribution in [0.2, 0.25) is 0 Å². The van der Waals surface area contributed by atoms with Crippen LogP contribution in [0.4, 0.5) is 0 Å². The molecule has 220 valence electrons. The summed E-state index contributed by atoms with van der Waals surface area (Å²) >= 11 is 1.43. The Bertz CT molecular complexity index is 814. The predicted molar refractivity (Wildman–Crippen MR) is 173 cm³/mol. The van der Waals surface area contributed by atoms with Crippen LogP contribution in [0, 0.1) is 0 Å². The topological polar surface area (TPSA) is 46.1 Å². The normalized spacial score (nSPS) is 11.1. The first-order valence-electron chi connectivity index (χ1n) is 16.4. The van der Waals surface area contributed by atoms with Crippen molar-refractivity contribution in [3.05, 3.63) is 47.5 Å². The number of rotatable bonds is 24. The summed E-state index contributed by atoms with van der Waals surface area (Å²) in [5.41, 5.74) is 2.22. The van der Waals surface area contributed by atoms with Crippen molar-refractivity contribution in [2.45, 2.75) is 165 Å². The first-order chi connectivity index (χ1) is 19.2. The zero-order valence-corrected chi connectivity index (χ0v) is 29.0. The molecule has 0 bridgehead atoms. The molecule has 40 heavy (non-hydrogen) atoms. The molecule has 0 aliphatic rings. The van der Waals surface area contributed by atoms with Gasteiger partial charge in [-0.25, -0.2) is 0 Å². The van der Waals surface area contributed by atoms with Crippen molar-refractivity contribution in [3.8, 4) is 11.5 Å². The molecule has 2 nitrogen and oxygen atoms in total. The van der Waals surface area contributed by atoms with Gasteiger partial charge in [-0.15, -0.1) is 0 Å². The second kappa shape index (κ2) is 25.2. The van der Waals surface area contributed by atoms with Gasteiger partial charge in [0.25, 0.3) is 0 Å². The fourth-order valence-electron chi connectivity index (χ4n) is 5.46. The fourth-order valence-corrected chi connectivity index (χ4v) is 6.60. The Balaban J connectivity index is 0.00000800. The largest absolute Gasteiger partial charge is 2.00 e. The monoisotopic (exact) mass is 592 g/mol. The molecule has 0 unspecified atom stereocenters. The van der Waals surface area contributed by atoms with Gasteiger partial charge in [0.2, 0.25) is 0 Å². The van der Waals surface area contributed by atoms with Crippen LogP contribution in [0.1, 0.15) is 153 Å². The first kappa shape index (κ1) is 37.7. The third-order valence-electron chi connectivity index (χ3n) is 7.92. The molecule has 0 fully saturated rings. The van der Waals surface area contributed by atoms with E-state index in [1.807, 2.05) is 12.1 Å². The number of benzene rings is 2. The molecule has 2 aromatic rings. The van der Waals surface area contributed by atoms with Crippen LogP contribution >= 0.6 is 11.8 Å². The van der Waals surface area contributed by atoms with E-state index in [-0.39, 0.29) is 49.2 Å². The molecule has 0 amide bonds. The molecule has 0 aliphatic heterocycles. The van der Waals surface area contributed by atoms with E-state index in [2.05, 4.69) is 26.0 Å². The summed E-state index contributed by atoms with van der Waals surface area (Å²) in [7, 11) is 0. The third kappa shape index (κ3) is 16.3. The molecule has 0 aromatic heterocycles. The maximum Gasteiger partial charge on any atom is 2.00 e. The first-order valence-corrected chi connectivity index (χ1v) is 17.2. The summed E-state index contributed by atoms with van der Waals surface area (Å²) < 4.78 is 0. The smallest absolute Gasteiger partial charge is 0.872 e. The summed E-state index contributed by atoms with van der Waals surface area (Å²) in [5.74, 6) is 0.107. The Morgan fingerprint density at radius 2 is 0.750 bits per heavy atom. The summed E-state index contributed by atoms with van der Waals surface area (Å²) in [6, 6.07) is 11.2. The van der Waals surface area contributed by atoms with Crippen molar-refractivity contribution < 1.29 is 10.2 Å². The van der Waals surface area contributed by atoms with Crippen molar-refractivity contribution in [1.29, 1.82) is 0 Å². The molecule has 4 heteroatoms. The van der Waals surface area contributed by atoms with Crippen molar-refractivity contribution in [2.24, 2.45) is 0 Å². The molecule has 2 aromatic carbocycles. The molecule has 0 radical (unpaired) electrons. The van der Waals surface area contributed by atoms with Gasteiger partial charge in [-0.1, -0.05) is 189 Å². The summed E-state index contributed by atoms with van der Waals surface area (Å²) in [6.45, 7) is 4.54. The molecular formula is C36H56CaO2S. The van der Waals surface area contributed by atoms with Crippen molar-refractivity contribution in [3.63, 3.8) is 0 Å². The van der Waals surface area contributed by atoms with E-state index in [0.717, 1.165) is 46.6 Å². The van der Waals surface area contributed by atoms with Gasteiger partial charge >= 0.3 is 37.7 Å². The average Bonchev–Trinajstić information content (AvgIpc) is 2.93. The minimum absolute atomic E-state index is 0. The number of aryl methyl sites for hydroxylation is 2. The van der Waals surface area contributed by atoms with Crippen LogP contribution in [0.25, 0.3) is 0 Å². The zero-order chi connectivity index (χ0) is 28.0. The number of hydrogen-bond acceptors (Lipinski definition) is 3. The maximum atomic E-state index is 12.9. The van der Waals surface area contributed by atoms with Crippen LogP contribution in [0.3, 0.4) is 0 Å². The van der Waals surface area contributed by atoms with E-state index in [0.29, 0.717) is 0 Å². The molecule has 0 atom stereocenters. The van der Waals surface area contributed by atoms with E-state index in [9.17, 15) is 10.2 Å². The van der Waals surface area contributed by atoms with E-state index in [1.165, 1.54) is 127 Å². The molecule has 0 spiro atoms. The molecular weight excluding hydrogens is 537 g/mol. The third-order valence-corrected chi connectivity index (χ3v) is 9.26. The van der Waals surface area contributed by atoms with E-state index >= 15 is 0 Å². The van der Waals surface area contributed by atoms with Gasteiger partial charge in [0.15, 0.2) is 0 Å². The SMILES string of the molecule is CCCCCCCCCCCCc1cccc([O-])c1Sc1c([O-])cccc1CCCCCCCCCCCC.[Ca+2]. The van der Waals surface area contributed by atoms with Crippen LogP contribution in [0.5, 0.6) is 11.5 Å². The predicted octanol–water partition coefficient (Wildman–Crippen LogP) is 10.5. The Morgan fingerprint density at radius 1 is 0.450 bits per heavy atom. The molecule has 0 aliphatic carbocycles. The van der Waals surface area contributed by atoms with E-state index in [4.69, 9.17) is 0 Å². The summed E-state index contributed by atoms with van der Waals surface area (Å²) in [4.78, 5) is 1.53. The quantitative estimate of drug-likeness (QED) is 0.0899. The maximum absolute atomic E-state index is 12.9. The van der Waals surface area contributed by atoms with Crippen molar-refractivity contribution in [1.82, 2.24) is 0 Å². The Labute approximate surface area is 281 Å². The van der Waals surface area contributed by atoms with Crippen molar-refractivity contribution in [2.75, 3.05) is 0 Å². The summed E-state index contributed by atoms with van der Waals surface area (Å²) in [6.07, 6.45) is 28.0. The van der Waals surface area contributed by atoms with Crippen LogP contribution in [-0.4, -0.2) is 37.7 Å². The molecule has 0 N–H and O–H groups in total. The number of unbranched alkanes of at least 4 members (excludes halogenated alkanes) is 18. The molecule has 0 saturated heterocycles. The molecule has 0 saturated carbocycles. The molecule has 0 heterocycles. The van der Waals surface area contributed by atoms with E-state index < -0.39 is 0 Å². The van der Waals surface area contributed by atoms with Crippen LogP contribution < -0.4 is 10.2 Å². The number of hydrogen-bond donors (Lipinski definition) is 0. The average molecular weight is 593 g/mol. The van der Waals surface area contributed by atoms with Gasteiger partial charge in [0, 0.05) is 9.79 Å². The standard InChI is InChI=1S/C36H58O2S.Ca/c1-3-5-7-9-11-13-15-17-19-21-25-31-27-23-29-33(37)35(31)39-36-32(28-24-30-34(36)38)26-22-20-18-16-14-12-10-8-6-4-2;/h23-24,27-30,37-38H,3-22,25-26H2,1-2H3;/q;+2/p-2. The van der Waals surface area contributed by atoms with Gasteiger partial charge in [-0.05, 0) is 36.8 Å². The van der Waals surface area contributed by atoms with Gasteiger partial charge < -0.3 is 10.2 Å². The molecule has 2 rings (SSSR count). The second-order valence-corrected chi connectivity index (χ2v) is 12.5. The van der Waals surface area contributed by atoms with Gasteiger partial charge in [0.1, 0.15) is 0 Å². The van der Waals surface area contributed by atoms with E-state index in [1.54, 1.807) is 12.1 Å². The zero-order valence-electron chi connectivity index (χ0n) is 26.0. The minimum atomic E-state index is 0. The van der Waals surface area contributed by atoms with Crippen molar-refractivity contribution >= 4 is 49.5 Å². The second-order valence-electron chi connectivity index (χ2n) is 11.5. The summed E-state index contributed by atoms with van der Waals surface area (Å²) in [5, 5.41) is 25.7. The fraction of sp³-hybridized carbons (Fsp3) is 0.667. The van der Waals surface area contributed by atoms with Crippen LogP contribution in [-0.2, 0) is 12.8 Å².